The van der Waals surface area contributed by atoms with Gasteiger partial charge in [0.25, 0.3) is 5.91 Å². The first-order valence-electron chi connectivity index (χ1n) is 11.3. The Kier molecular flexibility index (Phi) is 7.15. The lowest BCUT2D eigenvalue weighted by Crippen LogP contribution is -2.48. The summed E-state index contributed by atoms with van der Waals surface area (Å²) in [6.45, 7) is 3.65. The van der Waals surface area contributed by atoms with E-state index in [0.717, 1.165) is 30.6 Å². The fourth-order valence-corrected chi connectivity index (χ4v) is 5.37. The van der Waals surface area contributed by atoms with Crippen LogP contribution in [0.1, 0.15) is 15.9 Å². The van der Waals surface area contributed by atoms with E-state index >= 15 is 0 Å². The molecular formula is C26H24ClN5O2S. The Bertz CT molecular complexity index is 1320. The lowest BCUT2D eigenvalue weighted by atomic mass is 10.1. The Hall–Kier alpha value is -3.17. The van der Waals surface area contributed by atoms with Crippen LogP contribution in [0.15, 0.2) is 84.1 Å². The molecule has 5 rings (SSSR count). The fraction of sp³-hybridized carbons (Fsp3) is 0.192. The molecule has 35 heavy (non-hydrogen) atoms. The molecule has 2 aromatic carbocycles. The van der Waals surface area contributed by atoms with Gasteiger partial charge in [0.1, 0.15) is 16.9 Å². The third-order valence-electron chi connectivity index (χ3n) is 5.97. The van der Waals surface area contributed by atoms with Crippen LogP contribution in [0.5, 0.6) is 0 Å². The molecule has 178 valence electrons. The maximum Gasteiger partial charge on any atom is 0.253 e. The van der Waals surface area contributed by atoms with Crippen LogP contribution in [0.2, 0.25) is 5.02 Å². The van der Waals surface area contributed by atoms with Gasteiger partial charge in [-0.3, -0.25) is 19.7 Å². The van der Waals surface area contributed by atoms with Gasteiger partial charge in [0.15, 0.2) is 0 Å². The molecular weight excluding hydrogens is 482 g/mol. The molecule has 0 saturated carbocycles. The summed E-state index contributed by atoms with van der Waals surface area (Å²) in [5.41, 5.74) is 3.06. The van der Waals surface area contributed by atoms with Crippen molar-refractivity contribution in [2.45, 2.75) is 11.4 Å². The summed E-state index contributed by atoms with van der Waals surface area (Å²) >= 11 is 4.55. The van der Waals surface area contributed by atoms with Gasteiger partial charge in [-0.25, -0.2) is 4.72 Å². The van der Waals surface area contributed by atoms with Crippen molar-refractivity contribution in [3.8, 4) is 0 Å². The predicted octanol–water partition coefficient (Wildman–Crippen LogP) is 4.38. The predicted molar refractivity (Wildman–Crippen MR) is 139 cm³/mol. The standard InChI is InChI=1S/C26H24ClN5O2S/c27-22-15-19(16-28-17-22)18-31-11-13-32(14-12-31)26(33)21-6-8-23(9-7-21)30-35(34)24-5-1-3-20-4-2-10-29-25(20)24/h1-10,15-17,30H,11-14,18H2/t35-/m0/s1. The third-order valence-corrected chi connectivity index (χ3v) is 7.32. The van der Waals surface area contributed by atoms with Crippen LogP contribution in [0.4, 0.5) is 5.69 Å². The highest BCUT2D eigenvalue weighted by atomic mass is 35.5. The molecule has 0 unspecified atom stereocenters. The highest BCUT2D eigenvalue weighted by molar-refractivity contribution is 7.93. The summed E-state index contributed by atoms with van der Waals surface area (Å²) in [5.74, 6) is -0.00000178. The molecule has 4 aromatic rings. The Morgan fingerprint density at radius 3 is 2.57 bits per heavy atom. The lowest BCUT2D eigenvalue weighted by Gasteiger charge is -2.34. The van der Waals surface area contributed by atoms with Crippen molar-refractivity contribution in [3.05, 3.63) is 95.4 Å². The number of pyridine rings is 2. The summed E-state index contributed by atoms with van der Waals surface area (Å²) < 4.78 is 16.0. The molecule has 0 bridgehead atoms. The minimum absolute atomic E-state index is 0.00000178. The van der Waals surface area contributed by atoms with Gasteiger partial charge in [-0.2, -0.15) is 0 Å². The van der Waals surface area contributed by atoms with Gasteiger partial charge in [0.05, 0.1) is 10.7 Å². The topological polar surface area (TPSA) is 84.4 Å². The number of piperazine rings is 1. The highest BCUT2D eigenvalue weighted by Gasteiger charge is 2.23. The SMILES string of the molecule is O=C(c1ccc(N[S@@+]([O-])c2cccc3cccnc23)cc1)N1CCN(Cc2cncc(Cl)c2)CC1. The largest absolute Gasteiger partial charge is 0.588 e. The second-order valence-corrected chi connectivity index (χ2v) is 9.98. The molecule has 1 N–H and O–H groups in total. The van der Waals surface area contributed by atoms with E-state index in [1.54, 1.807) is 42.7 Å². The molecule has 0 aliphatic carbocycles. The van der Waals surface area contributed by atoms with Crippen LogP contribution in [0.3, 0.4) is 0 Å². The van der Waals surface area contributed by atoms with E-state index in [4.69, 9.17) is 11.6 Å². The molecule has 1 atom stereocenters. The van der Waals surface area contributed by atoms with Crippen LogP contribution in [0.25, 0.3) is 10.9 Å². The van der Waals surface area contributed by atoms with Crippen molar-refractivity contribution >= 4 is 45.5 Å². The zero-order valence-corrected chi connectivity index (χ0v) is 20.5. The van der Waals surface area contributed by atoms with Gasteiger partial charge in [0.2, 0.25) is 4.90 Å². The first-order valence-corrected chi connectivity index (χ1v) is 12.8. The van der Waals surface area contributed by atoms with Gasteiger partial charge in [-0.15, -0.1) is 0 Å². The van der Waals surface area contributed by atoms with Crippen LogP contribution < -0.4 is 4.72 Å². The molecule has 1 fully saturated rings. The number of hydrogen-bond acceptors (Lipinski definition) is 6. The zero-order chi connectivity index (χ0) is 24.2. The first kappa shape index (κ1) is 23.6. The Labute approximate surface area is 212 Å². The first-order chi connectivity index (χ1) is 17.1. The number of carbonyl (C=O) groups excluding carboxylic acids is 1. The molecule has 1 amide bonds. The average molecular weight is 506 g/mol. The van der Waals surface area contributed by atoms with Gasteiger partial charge in [-0.05, 0) is 48.0 Å². The van der Waals surface area contributed by atoms with Crippen LogP contribution >= 0.6 is 11.6 Å². The third kappa shape index (κ3) is 5.57. The number of halogens is 1. The molecule has 2 aromatic heterocycles. The normalized spacial score (nSPS) is 15.2. The fourth-order valence-electron chi connectivity index (χ4n) is 4.16. The van der Waals surface area contributed by atoms with E-state index in [1.165, 1.54) is 0 Å². The number of amides is 1. The Morgan fingerprint density at radius 1 is 1.03 bits per heavy atom. The van der Waals surface area contributed by atoms with Crippen molar-refractivity contribution in [2.75, 3.05) is 30.9 Å². The van der Waals surface area contributed by atoms with E-state index in [0.29, 0.717) is 39.8 Å². The number of hydrogen-bond donors (Lipinski definition) is 1. The number of benzene rings is 2. The van der Waals surface area contributed by atoms with Crippen LogP contribution in [0, 0.1) is 0 Å². The van der Waals surface area contributed by atoms with Crippen molar-refractivity contribution in [2.24, 2.45) is 0 Å². The van der Waals surface area contributed by atoms with Crippen molar-refractivity contribution in [1.29, 1.82) is 0 Å². The minimum atomic E-state index is -1.48. The monoisotopic (exact) mass is 505 g/mol. The number of carbonyl (C=O) groups is 1. The minimum Gasteiger partial charge on any atom is -0.588 e. The Morgan fingerprint density at radius 2 is 1.80 bits per heavy atom. The maximum atomic E-state index is 13.0. The summed E-state index contributed by atoms with van der Waals surface area (Å²) in [6.07, 6.45) is 5.14. The van der Waals surface area contributed by atoms with Crippen LogP contribution in [-0.2, 0) is 17.9 Å². The number of anilines is 1. The second-order valence-electron chi connectivity index (χ2n) is 8.36. The summed E-state index contributed by atoms with van der Waals surface area (Å²) in [7, 11) is 0. The molecule has 1 aliphatic rings. The van der Waals surface area contributed by atoms with Crippen molar-refractivity contribution < 1.29 is 9.35 Å². The molecule has 1 saturated heterocycles. The number of rotatable bonds is 6. The lowest BCUT2D eigenvalue weighted by molar-refractivity contribution is 0.0628. The number of nitrogens with zero attached hydrogens (tertiary/aromatic N) is 4. The quantitative estimate of drug-likeness (QED) is 0.391. The highest BCUT2D eigenvalue weighted by Crippen LogP contribution is 2.24. The molecule has 0 radical (unpaired) electrons. The van der Waals surface area contributed by atoms with Crippen LogP contribution in [-0.4, -0.2) is 56.4 Å². The molecule has 1 aliphatic heterocycles. The van der Waals surface area contributed by atoms with Gasteiger partial charge in [-0.1, -0.05) is 29.8 Å². The van der Waals surface area contributed by atoms with E-state index in [-0.39, 0.29) is 5.91 Å². The number of para-hydroxylation sites is 1. The number of aromatic nitrogens is 2. The summed E-state index contributed by atoms with van der Waals surface area (Å²) in [6, 6.07) is 18.4. The van der Waals surface area contributed by atoms with E-state index in [9.17, 15) is 9.35 Å². The van der Waals surface area contributed by atoms with Gasteiger partial charge in [0, 0.05) is 62.3 Å². The van der Waals surface area contributed by atoms with Gasteiger partial charge >= 0.3 is 0 Å². The van der Waals surface area contributed by atoms with Gasteiger partial charge < -0.3 is 9.45 Å². The average Bonchev–Trinajstić information content (AvgIpc) is 2.89. The Balaban J connectivity index is 1.18. The number of fused-ring (bicyclic) bond motifs is 1. The molecule has 7 nitrogen and oxygen atoms in total. The molecule has 3 heterocycles. The summed E-state index contributed by atoms with van der Waals surface area (Å²) in [5, 5.41) is 1.57. The van der Waals surface area contributed by atoms with E-state index in [1.807, 2.05) is 41.4 Å². The second kappa shape index (κ2) is 10.6. The van der Waals surface area contributed by atoms with E-state index in [2.05, 4.69) is 19.6 Å². The van der Waals surface area contributed by atoms with Crippen molar-refractivity contribution in [1.82, 2.24) is 19.8 Å². The summed E-state index contributed by atoms with van der Waals surface area (Å²) in [4.78, 5) is 26.3. The maximum absolute atomic E-state index is 13.0. The zero-order valence-electron chi connectivity index (χ0n) is 18.9. The van der Waals surface area contributed by atoms with E-state index < -0.39 is 11.4 Å². The smallest absolute Gasteiger partial charge is 0.253 e. The number of nitrogens with one attached hydrogen (secondary N) is 1. The molecule has 9 heteroatoms. The molecule has 0 spiro atoms. The van der Waals surface area contributed by atoms with Crippen molar-refractivity contribution in [3.63, 3.8) is 0 Å².